The summed E-state index contributed by atoms with van der Waals surface area (Å²) in [5.41, 5.74) is 0.902. The smallest absolute Gasteiger partial charge is 0.334 e. The number of carbonyl (C=O) groups excluding carboxylic acids is 1. The Hall–Kier alpha value is -3.43. The number of nitrogens with zero attached hydrogens (tertiary/aromatic N) is 2. The van der Waals surface area contributed by atoms with Crippen LogP contribution in [0.2, 0.25) is 5.02 Å². The molecule has 0 radical (unpaired) electrons. The summed E-state index contributed by atoms with van der Waals surface area (Å²) in [5, 5.41) is 26.3. The average molecular weight is 462 g/mol. The fraction of sp³-hybridized carbons (Fsp3) is 0.227. The fourth-order valence-corrected chi connectivity index (χ4v) is 3.30. The van der Waals surface area contributed by atoms with Crippen LogP contribution in [-0.4, -0.2) is 51.1 Å². The zero-order valence-corrected chi connectivity index (χ0v) is 17.8. The topological polar surface area (TPSA) is 114 Å². The van der Waals surface area contributed by atoms with Crippen LogP contribution in [0.4, 0.5) is 4.39 Å². The molecule has 1 heterocycles. The van der Waals surface area contributed by atoms with E-state index >= 15 is 0 Å². The van der Waals surface area contributed by atoms with E-state index in [4.69, 9.17) is 16.3 Å². The number of methoxy groups -OCH3 is 1. The third-order valence-corrected chi connectivity index (χ3v) is 5.18. The van der Waals surface area contributed by atoms with Gasteiger partial charge < -0.3 is 20.3 Å². The first-order valence-corrected chi connectivity index (χ1v) is 9.97. The van der Waals surface area contributed by atoms with Gasteiger partial charge in [0, 0.05) is 22.8 Å². The molecular weight excluding hydrogens is 441 g/mol. The highest BCUT2D eigenvalue weighted by Gasteiger charge is 2.29. The molecule has 1 aromatic heterocycles. The van der Waals surface area contributed by atoms with Gasteiger partial charge in [-0.15, -0.1) is 0 Å². The van der Waals surface area contributed by atoms with Crippen molar-refractivity contribution in [2.45, 2.75) is 25.1 Å². The number of aliphatic carboxylic acids is 1. The Morgan fingerprint density at radius 2 is 1.97 bits per heavy atom. The lowest BCUT2D eigenvalue weighted by Gasteiger charge is -2.21. The van der Waals surface area contributed by atoms with Crippen LogP contribution in [-0.2, 0) is 17.8 Å². The molecule has 0 spiro atoms. The third-order valence-electron chi connectivity index (χ3n) is 4.81. The molecule has 0 aliphatic heterocycles. The monoisotopic (exact) mass is 461 g/mol. The minimum absolute atomic E-state index is 0.00333. The number of hydrogen-bond donors (Lipinski definition) is 3. The van der Waals surface area contributed by atoms with Crippen LogP contribution in [0.5, 0.6) is 5.75 Å². The van der Waals surface area contributed by atoms with Crippen molar-refractivity contribution in [2.24, 2.45) is 0 Å². The zero-order valence-electron chi connectivity index (χ0n) is 17.0. The molecule has 2 atom stereocenters. The van der Waals surface area contributed by atoms with E-state index in [0.29, 0.717) is 21.9 Å². The van der Waals surface area contributed by atoms with Crippen LogP contribution in [0.25, 0.3) is 0 Å². The number of carbonyl (C=O) groups is 2. The van der Waals surface area contributed by atoms with Crippen molar-refractivity contribution in [2.75, 3.05) is 7.11 Å². The summed E-state index contributed by atoms with van der Waals surface area (Å²) in [4.78, 5) is 24.0. The number of rotatable bonds is 9. The number of aromatic nitrogens is 2. The molecule has 0 aliphatic rings. The van der Waals surface area contributed by atoms with Gasteiger partial charge in [-0.1, -0.05) is 35.9 Å². The maximum absolute atomic E-state index is 14.2. The Morgan fingerprint density at radius 3 is 2.62 bits per heavy atom. The maximum Gasteiger partial charge on any atom is 0.334 e. The van der Waals surface area contributed by atoms with Crippen molar-refractivity contribution in [3.63, 3.8) is 0 Å². The summed E-state index contributed by atoms with van der Waals surface area (Å²) in [7, 11) is 1.44. The molecule has 2 aromatic carbocycles. The molecule has 3 rings (SSSR count). The minimum Gasteiger partial charge on any atom is -0.497 e. The first-order chi connectivity index (χ1) is 15.3. The lowest BCUT2D eigenvalue weighted by Crippen LogP contribution is -2.48. The van der Waals surface area contributed by atoms with Gasteiger partial charge in [-0.25, -0.2) is 9.18 Å². The van der Waals surface area contributed by atoms with Gasteiger partial charge in [0.1, 0.15) is 17.3 Å². The number of hydrogen-bond acceptors (Lipinski definition) is 5. The van der Waals surface area contributed by atoms with Gasteiger partial charge in [0.05, 0.1) is 19.7 Å². The maximum atomic E-state index is 14.2. The Morgan fingerprint density at radius 1 is 1.22 bits per heavy atom. The van der Waals surface area contributed by atoms with Crippen molar-refractivity contribution < 1.29 is 28.9 Å². The molecule has 10 heteroatoms. The highest BCUT2D eigenvalue weighted by atomic mass is 35.5. The molecule has 0 saturated heterocycles. The predicted molar refractivity (Wildman–Crippen MR) is 114 cm³/mol. The standard InChI is InChI=1S/C22H21ClFN3O5/c1-32-15-7-6-14(17(24)11-15)12-27-9-8-18(26-27)21(29)25-19(20(28)22(30)31)10-13-4-2-3-5-16(13)23/h2-9,11,19-20,28H,10,12H2,1H3,(H,25,29)(H,30,31)/t19-,20-/m1/s1. The Kier molecular flexibility index (Phi) is 7.45. The second-order valence-corrected chi connectivity index (χ2v) is 7.42. The van der Waals surface area contributed by atoms with E-state index in [9.17, 15) is 24.2 Å². The van der Waals surface area contributed by atoms with Crippen molar-refractivity contribution in [3.05, 3.63) is 82.4 Å². The zero-order chi connectivity index (χ0) is 23.3. The molecule has 168 valence electrons. The molecule has 3 aromatic rings. The Bertz CT molecular complexity index is 1120. The third kappa shape index (κ3) is 5.63. The van der Waals surface area contributed by atoms with Crippen LogP contribution in [0.1, 0.15) is 21.6 Å². The highest BCUT2D eigenvalue weighted by Crippen LogP contribution is 2.19. The number of carboxylic acid groups (broad SMARTS) is 1. The summed E-state index contributed by atoms with van der Waals surface area (Å²) < 4.78 is 20.5. The van der Waals surface area contributed by atoms with Gasteiger partial charge >= 0.3 is 5.97 Å². The van der Waals surface area contributed by atoms with E-state index in [0.717, 1.165) is 0 Å². The SMILES string of the molecule is COc1ccc(Cn2ccc(C(=O)N[C@H](Cc3ccccc3Cl)[C@@H](O)C(=O)O)n2)c(F)c1. The number of aliphatic hydroxyl groups is 1. The number of aliphatic hydroxyl groups excluding tert-OH is 1. The van der Waals surface area contributed by atoms with E-state index in [2.05, 4.69) is 10.4 Å². The number of nitrogens with one attached hydrogen (secondary N) is 1. The number of amides is 1. The van der Waals surface area contributed by atoms with Crippen LogP contribution in [0.3, 0.4) is 0 Å². The Labute approximate surface area is 188 Å². The molecule has 0 unspecified atom stereocenters. The molecule has 0 saturated carbocycles. The summed E-state index contributed by atoms with van der Waals surface area (Å²) in [6.07, 6.45) is -0.364. The number of benzene rings is 2. The largest absolute Gasteiger partial charge is 0.497 e. The van der Waals surface area contributed by atoms with Crippen molar-refractivity contribution in [1.29, 1.82) is 0 Å². The Balaban J connectivity index is 1.73. The normalized spacial score (nSPS) is 12.8. The summed E-state index contributed by atoms with van der Waals surface area (Å²) in [6, 6.07) is 11.4. The fourth-order valence-electron chi connectivity index (χ4n) is 3.09. The quantitative estimate of drug-likeness (QED) is 0.451. The lowest BCUT2D eigenvalue weighted by molar-refractivity contribution is -0.148. The predicted octanol–water partition coefficient (Wildman–Crippen LogP) is 2.52. The van der Waals surface area contributed by atoms with E-state index in [1.54, 1.807) is 36.4 Å². The second-order valence-electron chi connectivity index (χ2n) is 7.01. The van der Waals surface area contributed by atoms with Crippen LogP contribution >= 0.6 is 11.6 Å². The highest BCUT2D eigenvalue weighted by molar-refractivity contribution is 6.31. The molecule has 8 nitrogen and oxygen atoms in total. The number of halogens is 2. The van der Waals surface area contributed by atoms with Gasteiger partial charge in [-0.3, -0.25) is 9.48 Å². The van der Waals surface area contributed by atoms with E-state index in [1.807, 2.05) is 0 Å². The first-order valence-electron chi connectivity index (χ1n) is 9.59. The van der Waals surface area contributed by atoms with Crippen molar-refractivity contribution in [3.8, 4) is 5.75 Å². The minimum atomic E-state index is -1.86. The van der Waals surface area contributed by atoms with Gasteiger partial charge in [0.25, 0.3) is 5.91 Å². The van der Waals surface area contributed by atoms with Gasteiger partial charge in [-0.2, -0.15) is 5.10 Å². The molecular formula is C22H21ClFN3O5. The average Bonchev–Trinajstić information content (AvgIpc) is 3.24. The summed E-state index contributed by atoms with van der Waals surface area (Å²) in [6.45, 7) is 0.0733. The molecule has 0 bridgehead atoms. The number of ether oxygens (including phenoxy) is 1. The van der Waals surface area contributed by atoms with E-state index in [1.165, 1.54) is 30.1 Å². The molecule has 32 heavy (non-hydrogen) atoms. The number of carboxylic acids is 1. The summed E-state index contributed by atoms with van der Waals surface area (Å²) in [5.74, 6) is -2.26. The van der Waals surface area contributed by atoms with Crippen molar-refractivity contribution in [1.82, 2.24) is 15.1 Å². The lowest BCUT2D eigenvalue weighted by atomic mass is 10.0. The van der Waals surface area contributed by atoms with Crippen LogP contribution in [0, 0.1) is 5.82 Å². The molecule has 3 N–H and O–H groups in total. The van der Waals surface area contributed by atoms with E-state index < -0.39 is 29.8 Å². The first kappa shape index (κ1) is 23.2. The second kappa shape index (κ2) is 10.3. The molecule has 0 aliphatic carbocycles. The van der Waals surface area contributed by atoms with Gasteiger partial charge in [-0.05, 0) is 30.2 Å². The molecule has 1 amide bonds. The van der Waals surface area contributed by atoms with E-state index in [-0.39, 0.29) is 18.7 Å². The van der Waals surface area contributed by atoms with Crippen molar-refractivity contribution >= 4 is 23.5 Å². The van der Waals surface area contributed by atoms with Gasteiger partial charge in [0.2, 0.25) is 0 Å². The summed E-state index contributed by atoms with van der Waals surface area (Å²) >= 11 is 6.12. The molecule has 0 fully saturated rings. The van der Waals surface area contributed by atoms with Crippen LogP contribution < -0.4 is 10.1 Å². The van der Waals surface area contributed by atoms with Gasteiger partial charge in [0.15, 0.2) is 6.10 Å². The van der Waals surface area contributed by atoms with Crippen LogP contribution in [0.15, 0.2) is 54.7 Å².